The summed E-state index contributed by atoms with van der Waals surface area (Å²) in [6.45, 7) is 2.03. The average Bonchev–Trinajstić information content (AvgIpc) is 2.16. The van der Waals surface area contributed by atoms with E-state index in [1.165, 1.54) is 0 Å². The van der Waals surface area contributed by atoms with Crippen molar-refractivity contribution in [3.05, 3.63) is 29.3 Å². The van der Waals surface area contributed by atoms with Gasteiger partial charge < -0.3 is 9.84 Å². The summed E-state index contributed by atoms with van der Waals surface area (Å²) in [4.78, 5) is 10.5. The third kappa shape index (κ3) is 2.76. The number of carboxylic acids is 1. The van der Waals surface area contributed by atoms with Gasteiger partial charge in [-0.2, -0.15) is 0 Å². The first-order valence-electron chi connectivity index (χ1n) is 4.54. The fourth-order valence-electron chi connectivity index (χ4n) is 1.33. The molecule has 0 unspecified atom stereocenters. The highest BCUT2D eigenvalue weighted by Crippen LogP contribution is 2.17. The zero-order chi connectivity index (χ0) is 10.6. The van der Waals surface area contributed by atoms with Crippen molar-refractivity contribution in [2.75, 3.05) is 7.11 Å². The molecule has 0 aliphatic carbocycles. The highest BCUT2D eigenvalue weighted by Gasteiger charge is 2.04. The van der Waals surface area contributed by atoms with Gasteiger partial charge in [-0.1, -0.05) is 13.0 Å². The van der Waals surface area contributed by atoms with E-state index in [-0.39, 0.29) is 6.42 Å². The summed E-state index contributed by atoms with van der Waals surface area (Å²) in [5.41, 5.74) is 1.88. The van der Waals surface area contributed by atoms with Crippen molar-refractivity contribution < 1.29 is 14.6 Å². The number of aryl methyl sites for hydroxylation is 1. The molecule has 0 radical (unpaired) electrons. The Hall–Kier alpha value is -1.51. The summed E-state index contributed by atoms with van der Waals surface area (Å²) in [6.07, 6.45) is 0.925. The standard InChI is InChI=1S/C11H14O3/c1-3-8-4-9(7-11(12)13)6-10(5-8)14-2/h4-6H,3,7H2,1-2H3,(H,12,13). The highest BCUT2D eigenvalue weighted by molar-refractivity contribution is 5.70. The predicted octanol–water partition coefficient (Wildman–Crippen LogP) is 1.88. The fourth-order valence-corrected chi connectivity index (χ4v) is 1.33. The Morgan fingerprint density at radius 2 is 2.00 bits per heavy atom. The Bertz CT molecular complexity index is 309. The summed E-state index contributed by atoms with van der Waals surface area (Å²) in [6, 6.07) is 5.58. The number of carboxylic acid groups (broad SMARTS) is 1. The van der Waals surface area contributed by atoms with Crippen molar-refractivity contribution in [2.24, 2.45) is 0 Å². The Labute approximate surface area is 83.3 Å². The summed E-state index contributed by atoms with van der Waals surface area (Å²) in [5.74, 6) is -0.0964. The molecule has 0 heterocycles. The molecule has 1 aromatic rings. The molecule has 1 N–H and O–H groups in total. The largest absolute Gasteiger partial charge is 0.497 e. The minimum Gasteiger partial charge on any atom is -0.497 e. The van der Waals surface area contributed by atoms with E-state index in [1.54, 1.807) is 13.2 Å². The lowest BCUT2D eigenvalue weighted by molar-refractivity contribution is -0.136. The van der Waals surface area contributed by atoms with Gasteiger partial charge in [0.15, 0.2) is 0 Å². The van der Waals surface area contributed by atoms with Gasteiger partial charge in [0.05, 0.1) is 13.5 Å². The summed E-state index contributed by atoms with van der Waals surface area (Å²) >= 11 is 0. The van der Waals surface area contributed by atoms with Gasteiger partial charge in [-0.3, -0.25) is 4.79 Å². The number of aliphatic carboxylic acids is 1. The number of carbonyl (C=O) groups is 1. The molecule has 14 heavy (non-hydrogen) atoms. The Balaban J connectivity index is 2.98. The third-order valence-electron chi connectivity index (χ3n) is 2.03. The summed E-state index contributed by atoms with van der Waals surface area (Å²) < 4.78 is 5.09. The Morgan fingerprint density at radius 3 is 2.50 bits per heavy atom. The third-order valence-corrected chi connectivity index (χ3v) is 2.03. The van der Waals surface area contributed by atoms with Crippen LogP contribution in [-0.2, 0) is 17.6 Å². The SMILES string of the molecule is CCc1cc(CC(=O)O)cc(OC)c1. The topological polar surface area (TPSA) is 46.5 Å². The van der Waals surface area contributed by atoms with Crippen LogP contribution in [0.3, 0.4) is 0 Å². The first kappa shape index (κ1) is 10.6. The quantitative estimate of drug-likeness (QED) is 0.796. The smallest absolute Gasteiger partial charge is 0.307 e. The van der Waals surface area contributed by atoms with Gasteiger partial charge in [0.25, 0.3) is 0 Å². The molecule has 1 rings (SSSR count). The van der Waals surface area contributed by atoms with Crippen LogP contribution < -0.4 is 4.74 Å². The van der Waals surface area contributed by atoms with E-state index >= 15 is 0 Å². The van der Waals surface area contributed by atoms with Crippen LogP contribution in [0, 0.1) is 0 Å². The maximum atomic E-state index is 10.5. The van der Waals surface area contributed by atoms with E-state index in [1.807, 2.05) is 19.1 Å². The van der Waals surface area contributed by atoms with Gasteiger partial charge in [-0.25, -0.2) is 0 Å². The van der Waals surface area contributed by atoms with Crippen LogP contribution in [-0.4, -0.2) is 18.2 Å². The van der Waals surface area contributed by atoms with Crippen molar-refractivity contribution in [3.8, 4) is 5.75 Å². The number of benzene rings is 1. The van der Waals surface area contributed by atoms with Gasteiger partial charge in [-0.05, 0) is 29.7 Å². The second-order valence-corrected chi connectivity index (χ2v) is 3.11. The molecule has 0 amide bonds. The summed E-state index contributed by atoms with van der Waals surface area (Å²) in [7, 11) is 1.58. The van der Waals surface area contributed by atoms with Crippen molar-refractivity contribution in [1.82, 2.24) is 0 Å². The monoisotopic (exact) mass is 194 g/mol. The minimum absolute atomic E-state index is 0.0458. The predicted molar refractivity (Wildman–Crippen MR) is 53.7 cm³/mol. The van der Waals surface area contributed by atoms with Gasteiger partial charge in [-0.15, -0.1) is 0 Å². The van der Waals surface area contributed by atoms with Crippen LogP contribution in [0.1, 0.15) is 18.1 Å². The van der Waals surface area contributed by atoms with Crippen molar-refractivity contribution >= 4 is 5.97 Å². The maximum absolute atomic E-state index is 10.5. The molecular formula is C11H14O3. The second-order valence-electron chi connectivity index (χ2n) is 3.11. The van der Waals surface area contributed by atoms with Crippen molar-refractivity contribution in [1.29, 1.82) is 0 Å². The van der Waals surface area contributed by atoms with E-state index < -0.39 is 5.97 Å². The molecule has 1 aromatic carbocycles. The summed E-state index contributed by atoms with van der Waals surface area (Å²) in [5, 5.41) is 8.65. The molecule has 3 heteroatoms. The van der Waals surface area contributed by atoms with E-state index in [0.717, 1.165) is 23.3 Å². The van der Waals surface area contributed by atoms with E-state index in [0.29, 0.717) is 0 Å². The fraction of sp³-hybridized carbons (Fsp3) is 0.364. The zero-order valence-electron chi connectivity index (χ0n) is 8.41. The maximum Gasteiger partial charge on any atom is 0.307 e. The molecule has 76 valence electrons. The lowest BCUT2D eigenvalue weighted by atomic mass is 10.1. The normalized spacial score (nSPS) is 9.86. The lowest BCUT2D eigenvalue weighted by Crippen LogP contribution is -2.01. The molecule has 0 aromatic heterocycles. The zero-order valence-corrected chi connectivity index (χ0v) is 8.41. The van der Waals surface area contributed by atoms with Gasteiger partial charge in [0.2, 0.25) is 0 Å². The van der Waals surface area contributed by atoms with Crippen LogP contribution in [0.4, 0.5) is 0 Å². The minimum atomic E-state index is -0.819. The first-order valence-corrected chi connectivity index (χ1v) is 4.54. The van der Waals surface area contributed by atoms with Crippen molar-refractivity contribution in [3.63, 3.8) is 0 Å². The van der Waals surface area contributed by atoms with Crippen LogP contribution in [0.2, 0.25) is 0 Å². The number of hydrogen-bond acceptors (Lipinski definition) is 2. The van der Waals surface area contributed by atoms with E-state index in [9.17, 15) is 4.79 Å². The Kier molecular flexibility index (Phi) is 3.51. The van der Waals surface area contributed by atoms with Gasteiger partial charge in [0.1, 0.15) is 5.75 Å². The molecule has 0 saturated carbocycles. The van der Waals surface area contributed by atoms with Crippen LogP contribution in [0.25, 0.3) is 0 Å². The molecule has 0 aliphatic heterocycles. The number of hydrogen-bond donors (Lipinski definition) is 1. The average molecular weight is 194 g/mol. The number of methoxy groups -OCH3 is 1. The van der Waals surface area contributed by atoms with Crippen LogP contribution >= 0.6 is 0 Å². The molecule has 0 aliphatic rings. The second kappa shape index (κ2) is 4.65. The molecule has 0 bridgehead atoms. The van der Waals surface area contributed by atoms with Crippen LogP contribution in [0.15, 0.2) is 18.2 Å². The first-order chi connectivity index (χ1) is 6.65. The molecule has 0 saturated heterocycles. The van der Waals surface area contributed by atoms with E-state index in [2.05, 4.69) is 0 Å². The van der Waals surface area contributed by atoms with Gasteiger partial charge >= 0.3 is 5.97 Å². The van der Waals surface area contributed by atoms with Crippen molar-refractivity contribution in [2.45, 2.75) is 19.8 Å². The van der Waals surface area contributed by atoms with Gasteiger partial charge in [0, 0.05) is 0 Å². The van der Waals surface area contributed by atoms with E-state index in [4.69, 9.17) is 9.84 Å². The molecule has 0 fully saturated rings. The number of ether oxygens (including phenoxy) is 1. The molecular weight excluding hydrogens is 180 g/mol. The number of rotatable bonds is 4. The molecule has 0 spiro atoms. The molecule has 0 atom stereocenters. The highest BCUT2D eigenvalue weighted by atomic mass is 16.5. The molecule has 3 nitrogen and oxygen atoms in total. The Morgan fingerprint density at radius 1 is 1.36 bits per heavy atom. The lowest BCUT2D eigenvalue weighted by Gasteiger charge is -2.06. The van der Waals surface area contributed by atoms with Crippen LogP contribution in [0.5, 0.6) is 5.75 Å².